The molecule has 1 aliphatic rings. The van der Waals surface area contributed by atoms with Crippen LogP contribution in [0, 0.1) is 11.7 Å². The monoisotopic (exact) mass is 245 g/mol. The second-order valence-electron chi connectivity index (χ2n) is 5.00. The molecule has 1 aromatic carbocycles. The summed E-state index contributed by atoms with van der Waals surface area (Å²) in [4.78, 5) is 10.6. The number of rotatable bonds is 1. The van der Waals surface area contributed by atoms with Gasteiger partial charge in [-0.25, -0.2) is 14.4 Å². The standard InChI is InChI=1S/C14H16FN3/c1-10-5-7-18(8-6-10)14-11-3-2-4-12(15)13(11)16-9-17-14/h2-4,9-10H,5-8H2,1H3. The fraction of sp³-hybridized carbons (Fsp3) is 0.429. The molecule has 0 aliphatic carbocycles. The van der Waals surface area contributed by atoms with Gasteiger partial charge in [-0.05, 0) is 30.9 Å². The van der Waals surface area contributed by atoms with Crippen LogP contribution in [0.15, 0.2) is 24.5 Å². The van der Waals surface area contributed by atoms with Crippen LogP contribution in [0.5, 0.6) is 0 Å². The maximum atomic E-state index is 13.7. The van der Waals surface area contributed by atoms with Gasteiger partial charge in [0.2, 0.25) is 0 Å². The molecule has 2 heterocycles. The van der Waals surface area contributed by atoms with E-state index in [0.29, 0.717) is 5.52 Å². The number of hydrogen-bond donors (Lipinski definition) is 0. The Morgan fingerprint density at radius 2 is 2.00 bits per heavy atom. The molecule has 2 aromatic rings. The van der Waals surface area contributed by atoms with Crippen molar-refractivity contribution in [2.75, 3.05) is 18.0 Å². The highest BCUT2D eigenvalue weighted by Crippen LogP contribution is 2.27. The molecule has 0 unspecified atom stereocenters. The zero-order valence-electron chi connectivity index (χ0n) is 10.4. The number of para-hydroxylation sites is 1. The van der Waals surface area contributed by atoms with Gasteiger partial charge in [-0.1, -0.05) is 13.0 Å². The van der Waals surface area contributed by atoms with Crippen molar-refractivity contribution in [2.24, 2.45) is 5.92 Å². The van der Waals surface area contributed by atoms with Crippen LogP contribution in [-0.4, -0.2) is 23.1 Å². The van der Waals surface area contributed by atoms with E-state index in [0.717, 1.165) is 30.2 Å². The Hall–Kier alpha value is -1.71. The molecule has 0 bridgehead atoms. The van der Waals surface area contributed by atoms with Crippen LogP contribution in [-0.2, 0) is 0 Å². The van der Waals surface area contributed by atoms with Gasteiger partial charge in [0.15, 0.2) is 0 Å². The molecule has 0 spiro atoms. The minimum atomic E-state index is -0.276. The molecule has 0 amide bonds. The molecule has 0 radical (unpaired) electrons. The minimum Gasteiger partial charge on any atom is -0.356 e. The molecule has 1 saturated heterocycles. The molecular formula is C14H16FN3. The van der Waals surface area contributed by atoms with Crippen molar-refractivity contribution >= 4 is 16.7 Å². The molecule has 1 aliphatic heterocycles. The summed E-state index contributed by atoms with van der Waals surface area (Å²) in [5, 5.41) is 0.812. The first kappa shape index (κ1) is 11.4. The number of fused-ring (bicyclic) bond motifs is 1. The number of halogens is 1. The van der Waals surface area contributed by atoms with Gasteiger partial charge in [0, 0.05) is 18.5 Å². The smallest absolute Gasteiger partial charge is 0.149 e. The third-order valence-electron chi connectivity index (χ3n) is 3.68. The molecular weight excluding hydrogens is 229 g/mol. The van der Waals surface area contributed by atoms with Crippen molar-refractivity contribution in [3.05, 3.63) is 30.3 Å². The van der Waals surface area contributed by atoms with E-state index >= 15 is 0 Å². The van der Waals surface area contributed by atoms with Crippen molar-refractivity contribution in [3.8, 4) is 0 Å². The van der Waals surface area contributed by atoms with E-state index in [9.17, 15) is 4.39 Å². The van der Waals surface area contributed by atoms with Gasteiger partial charge in [-0.15, -0.1) is 0 Å². The fourth-order valence-electron chi connectivity index (χ4n) is 2.51. The molecule has 3 rings (SSSR count). The van der Waals surface area contributed by atoms with Gasteiger partial charge in [-0.3, -0.25) is 0 Å². The van der Waals surface area contributed by atoms with Crippen LogP contribution in [0.4, 0.5) is 10.2 Å². The largest absolute Gasteiger partial charge is 0.356 e. The van der Waals surface area contributed by atoms with E-state index in [1.54, 1.807) is 6.07 Å². The molecule has 0 N–H and O–H groups in total. The quantitative estimate of drug-likeness (QED) is 0.773. The second kappa shape index (κ2) is 4.52. The molecule has 1 fully saturated rings. The molecule has 94 valence electrons. The Balaban J connectivity index is 2.04. The SMILES string of the molecule is CC1CCN(c2ncnc3c(F)cccc23)CC1. The van der Waals surface area contributed by atoms with Gasteiger partial charge in [0.25, 0.3) is 0 Å². The highest BCUT2D eigenvalue weighted by molar-refractivity contribution is 5.89. The van der Waals surface area contributed by atoms with Crippen molar-refractivity contribution in [1.29, 1.82) is 0 Å². The Morgan fingerprint density at radius 3 is 2.78 bits per heavy atom. The van der Waals surface area contributed by atoms with E-state index < -0.39 is 0 Å². The molecule has 3 nitrogen and oxygen atoms in total. The number of piperidine rings is 1. The van der Waals surface area contributed by atoms with E-state index in [1.807, 2.05) is 6.07 Å². The topological polar surface area (TPSA) is 29.0 Å². The number of benzene rings is 1. The van der Waals surface area contributed by atoms with Crippen LogP contribution >= 0.6 is 0 Å². The lowest BCUT2D eigenvalue weighted by molar-refractivity contribution is 0.437. The summed E-state index contributed by atoms with van der Waals surface area (Å²) in [6, 6.07) is 5.06. The lowest BCUT2D eigenvalue weighted by atomic mass is 9.99. The lowest BCUT2D eigenvalue weighted by Crippen LogP contribution is -2.33. The van der Waals surface area contributed by atoms with Crippen molar-refractivity contribution in [3.63, 3.8) is 0 Å². The van der Waals surface area contributed by atoms with Crippen LogP contribution in [0.3, 0.4) is 0 Å². The molecule has 4 heteroatoms. The van der Waals surface area contributed by atoms with Gasteiger partial charge >= 0.3 is 0 Å². The van der Waals surface area contributed by atoms with Crippen molar-refractivity contribution in [1.82, 2.24) is 9.97 Å². The zero-order valence-corrected chi connectivity index (χ0v) is 10.4. The third kappa shape index (κ3) is 1.92. The minimum absolute atomic E-state index is 0.276. The van der Waals surface area contributed by atoms with Crippen LogP contribution in [0.1, 0.15) is 19.8 Å². The van der Waals surface area contributed by atoms with E-state index in [1.165, 1.54) is 25.2 Å². The highest BCUT2D eigenvalue weighted by atomic mass is 19.1. The average Bonchev–Trinajstić information content (AvgIpc) is 2.40. The predicted molar refractivity (Wildman–Crippen MR) is 70.1 cm³/mol. The molecule has 1 aromatic heterocycles. The first-order valence-electron chi connectivity index (χ1n) is 6.40. The third-order valence-corrected chi connectivity index (χ3v) is 3.68. The molecule has 18 heavy (non-hydrogen) atoms. The summed E-state index contributed by atoms with van der Waals surface area (Å²) in [7, 11) is 0. The fourth-order valence-corrected chi connectivity index (χ4v) is 2.51. The maximum absolute atomic E-state index is 13.7. The Labute approximate surface area is 106 Å². The van der Waals surface area contributed by atoms with Crippen LogP contribution in [0.25, 0.3) is 10.9 Å². The number of anilines is 1. The number of hydrogen-bond acceptors (Lipinski definition) is 3. The van der Waals surface area contributed by atoms with Crippen LogP contribution < -0.4 is 4.90 Å². The summed E-state index contributed by atoms with van der Waals surface area (Å²) >= 11 is 0. The Morgan fingerprint density at radius 1 is 1.22 bits per heavy atom. The Bertz CT molecular complexity index is 562. The summed E-state index contributed by atoms with van der Waals surface area (Å²) in [6.07, 6.45) is 3.79. The normalized spacial score (nSPS) is 17.3. The maximum Gasteiger partial charge on any atom is 0.149 e. The number of nitrogens with zero attached hydrogens (tertiary/aromatic N) is 3. The van der Waals surface area contributed by atoms with Gasteiger partial charge in [0.1, 0.15) is 23.5 Å². The predicted octanol–water partition coefficient (Wildman–Crippen LogP) is 3.01. The summed E-state index contributed by atoms with van der Waals surface area (Å²) in [5.41, 5.74) is 0.418. The summed E-state index contributed by atoms with van der Waals surface area (Å²) in [6.45, 7) is 4.25. The second-order valence-corrected chi connectivity index (χ2v) is 5.00. The van der Waals surface area contributed by atoms with E-state index in [-0.39, 0.29) is 5.82 Å². The average molecular weight is 245 g/mol. The summed E-state index contributed by atoms with van der Waals surface area (Å²) < 4.78 is 13.7. The highest BCUT2D eigenvalue weighted by Gasteiger charge is 2.19. The van der Waals surface area contributed by atoms with Crippen molar-refractivity contribution in [2.45, 2.75) is 19.8 Å². The first-order chi connectivity index (χ1) is 8.75. The first-order valence-corrected chi connectivity index (χ1v) is 6.40. The van der Waals surface area contributed by atoms with Gasteiger partial charge in [0.05, 0.1) is 0 Å². The lowest BCUT2D eigenvalue weighted by Gasteiger charge is -2.31. The molecule has 0 atom stereocenters. The van der Waals surface area contributed by atoms with E-state index in [2.05, 4.69) is 21.8 Å². The Kier molecular flexibility index (Phi) is 2.86. The zero-order chi connectivity index (χ0) is 12.5. The van der Waals surface area contributed by atoms with Crippen molar-refractivity contribution < 1.29 is 4.39 Å². The van der Waals surface area contributed by atoms with E-state index in [4.69, 9.17) is 0 Å². The molecule has 0 saturated carbocycles. The van der Waals surface area contributed by atoms with Gasteiger partial charge < -0.3 is 4.90 Å². The number of aromatic nitrogens is 2. The summed E-state index contributed by atoms with van der Waals surface area (Å²) in [5.74, 6) is 1.36. The van der Waals surface area contributed by atoms with Crippen LogP contribution in [0.2, 0.25) is 0 Å². The van der Waals surface area contributed by atoms with Gasteiger partial charge in [-0.2, -0.15) is 0 Å².